The van der Waals surface area contributed by atoms with Crippen LogP contribution in [0.4, 0.5) is 5.82 Å². The van der Waals surface area contributed by atoms with Gasteiger partial charge in [0.25, 0.3) is 5.91 Å². The number of tetrazole rings is 1. The van der Waals surface area contributed by atoms with Crippen LogP contribution in [0.3, 0.4) is 0 Å². The predicted octanol–water partition coefficient (Wildman–Crippen LogP) is 4.21. The van der Waals surface area contributed by atoms with Crippen LogP contribution in [-0.2, 0) is 9.53 Å². The first kappa shape index (κ1) is 27.0. The largest absolute Gasteiger partial charge is 0.451 e. The van der Waals surface area contributed by atoms with Crippen LogP contribution in [0.2, 0.25) is 5.02 Å². The van der Waals surface area contributed by atoms with Gasteiger partial charge in [0.2, 0.25) is 5.91 Å². The standard InChI is InChI=1S/C28H24ClN9O4S/c29-17-3-4-21(37-15-31-34-35-37)18(10-17)19-11-25(39)38-22(5-6-24(38)32-19)27-30-12-20(33-27)16-9-23(43-14-16)28(41)42-13-26(40)36-7-1-2-8-36/h3-6,9-10,12,14-15,19,32H,1-2,7-8,11,13H2,(H,30,33). The first-order valence-electron chi connectivity index (χ1n) is 13.6. The summed E-state index contributed by atoms with van der Waals surface area (Å²) in [4.78, 5) is 48.1. The third-order valence-electron chi connectivity index (χ3n) is 7.51. The lowest BCUT2D eigenvalue weighted by molar-refractivity contribution is -0.133. The van der Waals surface area contributed by atoms with Crippen LogP contribution in [0.5, 0.6) is 0 Å². The number of rotatable bonds is 7. The van der Waals surface area contributed by atoms with Gasteiger partial charge in [0.1, 0.15) is 17.0 Å². The molecule has 2 aliphatic heterocycles. The van der Waals surface area contributed by atoms with Gasteiger partial charge >= 0.3 is 5.97 Å². The van der Waals surface area contributed by atoms with Crippen LogP contribution in [0, 0.1) is 0 Å². The first-order valence-corrected chi connectivity index (χ1v) is 14.8. The topological polar surface area (TPSA) is 153 Å². The number of anilines is 1. The molecule has 5 aromatic rings. The zero-order valence-corrected chi connectivity index (χ0v) is 24.1. The number of ether oxygens (including phenoxy) is 1. The van der Waals surface area contributed by atoms with Crippen LogP contribution < -0.4 is 5.32 Å². The predicted molar refractivity (Wildman–Crippen MR) is 157 cm³/mol. The number of benzene rings is 1. The second kappa shape index (κ2) is 11.1. The molecule has 43 heavy (non-hydrogen) atoms. The molecule has 1 atom stereocenters. The number of likely N-dealkylation sites (tertiary alicyclic amines) is 1. The number of H-pyrrole nitrogens is 1. The molecule has 1 amide bonds. The maximum absolute atomic E-state index is 13.5. The summed E-state index contributed by atoms with van der Waals surface area (Å²) >= 11 is 7.54. The van der Waals surface area contributed by atoms with Crippen LogP contribution in [0.15, 0.2) is 54.3 Å². The van der Waals surface area contributed by atoms with Crippen LogP contribution in [0.1, 0.15) is 45.3 Å². The molecule has 0 bridgehead atoms. The van der Waals surface area contributed by atoms with Gasteiger partial charge in [0, 0.05) is 34.6 Å². The van der Waals surface area contributed by atoms with Gasteiger partial charge in [0.15, 0.2) is 12.4 Å². The molecule has 4 aromatic heterocycles. The summed E-state index contributed by atoms with van der Waals surface area (Å²) in [7, 11) is 0. The third kappa shape index (κ3) is 5.19. The molecule has 1 fully saturated rings. The van der Waals surface area contributed by atoms with Crippen molar-refractivity contribution in [1.82, 2.24) is 39.6 Å². The molecule has 2 aliphatic rings. The Bertz CT molecular complexity index is 1840. The Balaban J connectivity index is 1.08. The van der Waals surface area contributed by atoms with Gasteiger partial charge in [-0.3, -0.25) is 14.2 Å². The SMILES string of the molecule is O=C(OCC(=O)N1CCCC1)c1cc(-c2cnc(-c3ccc4n3C(=O)CC(c3cc(Cl)ccc3-n3cnnn3)N4)[nH]2)cs1. The Kier molecular flexibility index (Phi) is 6.99. The number of aromatic amines is 1. The fourth-order valence-electron chi connectivity index (χ4n) is 5.41. The minimum Gasteiger partial charge on any atom is -0.451 e. The highest BCUT2D eigenvalue weighted by atomic mass is 35.5. The lowest BCUT2D eigenvalue weighted by atomic mass is 9.99. The van der Waals surface area contributed by atoms with E-state index in [0.29, 0.717) is 51.7 Å². The lowest BCUT2D eigenvalue weighted by Crippen LogP contribution is -2.31. The second-order valence-corrected chi connectivity index (χ2v) is 11.5. The van der Waals surface area contributed by atoms with Crippen molar-refractivity contribution in [2.75, 3.05) is 25.0 Å². The molecule has 0 saturated carbocycles. The molecule has 6 heterocycles. The van der Waals surface area contributed by atoms with Crippen molar-refractivity contribution < 1.29 is 19.1 Å². The summed E-state index contributed by atoms with van der Waals surface area (Å²) in [6, 6.07) is 10.3. The molecule has 7 rings (SSSR count). The average Bonchev–Trinajstić information content (AvgIpc) is 3.85. The highest BCUT2D eigenvalue weighted by Crippen LogP contribution is 2.37. The maximum atomic E-state index is 13.5. The van der Waals surface area contributed by atoms with E-state index in [1.54, 1.807) is 33.9 Å². The second-order valence-electron chi connectivity index (χ2n) is 10.2. The van der Waals surface area contributed by atoms with Gasteiger partial charge in [-0.05, 0) is 59.7 Å². The highest BCUT2D eigenvalue weighted by Gasteiger charge is 2.30. The summed E-state index contributed by atoms with van der Waals surface area (Å²) in [5.41, 5.74) is 3.52. The number of hydrogen-bond donors (Lipinski definition) is 2. The third-order valence-corrected chi connectivity index (χ3v) is 8.65. The molecule has 13 nitrogen and oxygen atoms in total. The van der Waals surface area contributed by atoms with E-state index in [1.165, 1.54) is 22.3 Å². The Labute approximate surface area is 253 Å². The van der Waals surface area contributed by atoms with E-state index < -0.39 is 5.97 Å². The summed E-state index contributed by atoms with van der Waals surface area (Å²) in [6.07, 6.45) is 5.25. The smallest absolute Gasteiger partial charge is 0.348 e. The number of amides is 1. The average molecular weight is 618 g/mol. The summed E-state index contributed by atoms with van der Waals surface area (Å²) in [6.45, 7) is 1.15. The number of aromatic nitrogens is 7. The van der Waals surface area contributed by atoms with Crippen LogP contribution >= 0.6 is 22.9 Å². The van der Waals surface area contributed by atoms with Crippen molar-refractivity contribution in [2.24, 2.45) is 0 Å². The van der Waals surface area contributed by atoms with Gasteiger partial charge < -0.3 is 19.9 Å². The number of hydrogen-bond acceptors (Lipinski definition) is 10. The van der Waals surface area contributed by atoms with Crippen molar-refractivity contribution in [3.05, 3.63) is 69.8 Å². The van der Waals surface area contributed by atoms with Crippen molar-refractivity contribution in [1.29, 1.82) is 0 Å². The van der Waals surface area contributed by atoms with Crippen LogP contribution in [-0.4, -0.2) is 77.1 Å². The minimum absolute atomic E-state index is 0.122. The Morgan fingerprint density at radius 1 is 1.14 bits per heavy atom. The maximum Gasteiger partial charge on any atom is 0.348 e. The van der Waals surface area contributed by atoms with E-state index in [1.807, 2.05) is 23.6 Å². The first-order chi connectivity index (χ1) is 20.9. The number of nitrogens with one attached hydrogen (secondary N) is 2. The Morgan fingerprint density at radius 3 is 2.81 bits per heavy atom. The van der Waals surface area contributed by atoms with E-state index in [4.69, 9.17) is 16.3 Å². The molecule has 1 aromatic carbocycles. The Hall–Kier alpha value is -4.82. The quantitative estimate of drug-likeness (QED) is 0.256. The minimum atomic E-state index is -0.543. The van der Waals surface area contributed by atoms with Gasteiger partial charge in [-0.15, -0.1) is 16.4 Å². The van der Waals surface area contributed by atoms with Gasteiger partial charge in [-0.25, -0.2) is 14.5 Å². The fourth-order valence-corrected chi connectivity index (χ4v) is 6.39. The number of nitrogens with zero attached hydrogens (tertiary/aromatic N) is 7. The molecule has 1 unspecified atom stereocenters. The lowest BCUT2D eigenvalue weighted by Gasteiger charge is -2.28. The van der Waals surface area contributed by atoms with E-state index in [2.05, 4.69) is 30.8 Å². The van der Waals surface area contributed by atoms with Gasteiger partial charge in [-0.2, -0.15) is 0 Å². The molecule has 0 radical (unpaired) electrons. The number of carbonyl (C=O) groups excluding carboxylic acids is 3. The number of thiophene rings is 1. The molecule has 2 N–H and O–H groups in total. The van der Waals surface area contributed by atoms with Gasteiger partial charge in [-0.1, -0.05) is 11.6 Å². The molecule has 218 valence electrons. The molecule has 0 spiro atoms. The molecular weight excluding hydrogens is 594 g/mol. The monoisotopic (exact) mass is 617 g/mol. The molecular formula is C28H24ClN9O4S. The number of carbonyl (C=O) groups is 3. The number of halogens is 1. The molecule has 0 aliphatic carbocycles. The van der Waals surface area contributed by atoms with Crippen LogP contribution in [0.25, 0.3) is 28.5 Å². The van der Waals surface area contributed by atoms with Crippen molar-refractivity contribution >= 4 is 46.5 Å². The number of imidazole rings is 1. The highest BCUT2D eigenvalue weighted by molar-refractivity contribution is 7.12. The Morgan fingerprint density at radius 2 is 2.00 bits per heavy atom. The summed E-state index contributed by atoms with van der Waals surface area (Å²) in [5.74, 6) is 0.272. The number of esters is 1. The molecule has 1 saturated heterocycles. The van der Waals surface area contributed by atoms with Crippen molar-refractivity contribution in [3.8, 4) is 28.5 Å². The zero-order valence-electron chi connectivity index (χ0n) is 22.6. The fraction of sp³-hybridized carbons (Fsp3) is 0.250. The summed E-state index contributed by atoms with van der Waals surface area (Å²) < 4.78 is 8.38. The van der Waals surface area contributed by atoms with Crippen molar-refractivity contribution in [3.63, 3.8) is 0 Å². The summed E-state index contributed by atoms with van der Waals surface area (Å²) in [5, 5.41) is 17.2. The van der Waals surface area contributed by atoms with Gasteiger partial charge in [0.05, 0.1) is 35.7 Å². The van der Waals surface area contributed by atoms with E-state index in [0.717, 1.165) is 24.0 Å². The van der Waals surface area contributed by atoms with E-state index in [9.17, 15) is 14.4 Å². The van der Waals surface area contributed by atoms with E-state index >= 15 is 0 Å². The molecule has 15 heteroatoms. The van der Waals surface area contributed by atoms with E-state index in [-0.39, 0.29) is 30.9 Å². The number of fused-ring (bicyclic) bond motifs is 1. The normalized spacial score (nSPS) is 16.3. The zero-order chi connectivity index (χ0) is 29.5. The van der Waals surface area contributed by atoms with Crippen molar-refractivity contribution in [2.45, 2.75) is 25.3 Å².